The van der Waals surface area contributed by atoms with Crippen molar-refractivity contribution in [2.45, 2.75) is 46.1 Å². The number of hydrogen-bond donors (Lipinski definition) is 1. The first-order chi connectivity index (χ1) is 20.3. The molecule has 0 spiro atoms. The number of carbonyl (C=O) groups excluding carboxylic acids is 2. The molecule has 10 heteroatoms. The molecule has 222 valence electrons. The summed E-state index contributed by atoms with van der Waals surface area (Å²) >= 11 is 6.71. The zero-order chi connectivity index (χ0) is 30.8. The Kier molecular flexibility index (Phi) is 11.7. The smallest absolute Gasteiger partial charge is 0.219 e. The molecular formula is C32H36ClF2N5O2. The highest BCUT2D eigenvalue weighted by Crippen LogP contribution is 2.39. The van der Waals surface area contributed by atoms with Crippen molar-refractivity contribution in [3.8, 4) is 11.3 Å². The Morgan fingerprint density at radius 2 is 1.74 bits per heavy atom. The van der Waals surface area contributed by atoms with Gasteiger partial charge in [0.15, 0.2) is 5.82 Å². The number of anilines is 2. The van der Waals surface area contributed by atoms with Crippen molar-refractivity contribution in [3.05, 3.63) is 88.5 Å². The van der Waals surface area contributed by atoms with Crippen molar-refractivity contribution in [2.24, 2.45) is 4.99 Å². The van der Waals surface area contributed by atoms with Crippen LogP contribution < -0.4 is 10.2 Å². The Hall–Kier alpha value is -4.11. The molecule has 2 amide bonds. The van der Waals surface area contributed by atoms with Crippen LogP contribution in [0, 0.1) is 11.6 Å². The predicted octanol–water partition coefficient (Wildman–Crippen LogP) is 6.49. The van der Waals surface area contributed by atoms with Crippen molar-refractivity contribution in [3.63, 3.8) is 0 Å². The number of amides is 2. The predicted molar refractivity (Wildman–Crippen MR) is 166 cm³/mol. The van der Waals surface area contributed by atoms with E-state index in [9.17, 15) is 9.59 Å². The number of carbonyl (C=O) groups is 2. The van der Waals surface area contributed by atoms with Gasteiger partial charge in [0.05, 0.1) is 27.5 Å². The summed E-state index contributed by atoms with van der Waals surface area (Å²) in [7, 11) is 1.60. The van der Waals surface area contributed by atoms with Gasteiger partial charge in [-0.05, 0) is 55.5 Å². The molecular weight excluding hydrogens is 560 g/mol. The summed E-state index contributed by atoms with van der Waals surface area (Å²) < 4.78 is 30.0. The molecule has 3 aromatic rings. The Bertz CT molecular complexity index is 1420. The number of para-hydroxylation sites is 1. The van der Waals surface area contributed by atoms with Gasteiger partial charge in [-0.15, -0.1) is 6.58 Å². The first-order valence-corrected chi connectivity index (χ1v) is 14.2. The Morgan fingerprint density at radius 3 is 2.26 bits per heavy atom. The minimum Gasteiger partial charge on any atom is -0.357 e. The van der Waals surface area contributed by atoms with Gasteiger partial charge in [-0.3, -0.25) is 19.5 Å². The van der Waals surface area contributed by atoms with Gasteiger partial charge >= 0.3 is 0 Å². The van der Waals surface area contributed by atoms with Crippen LogP contribution in [0.3, 0.4) is 0 Å². The second-order valence-electron chi connectivity index (χ2n) is 9.59. The van der Waals surface area contributed by atoms with E-state index in [1.807, 2.05) is 43.9 Å². The van der Waals surface area contributed by atoms with E-state index < -0.39 is 17.2 Å². The SMILES string of the molecule is C=CCCN(C(=NC)c1cc(Cl)c(-c2c(F)cccc2F)nc1N(C=O)c1c(CC)cccc1CC)C(C)CNC=O. The minimum atomic E-state index is -0.838. The van der Waals surface area contributed by atoms with Crippen molar-refractivity contribution < 1.29 is 18.4 Å². The monoisotopic (exact) mass is 595 g/mol. The van der Waals surface area contributed by atoms with Crippen molar-refractivity contribution in [1.29, 1.82) is 0 Å². The molecule has 0 saturated heterocycles. The van der Waals surface area contributed by atoms with Gasteiger partial charge in [0.25, 0.3) is 0 Å². The van der Waals surface area contributed by atoms with E-state index in [0.29, 0.717) is 62.3 Å². The highest BCUT2D eigenvalue weighted by atomic mass is 35.5. The second-order valence-corrected chi connectivity index (χ2v) is 9.99. The minimum absolute atomic E-state index is 0.0217. The molecule has 0 radical (unpaired) electrons. The van der Waals surface area contributed by atoms with E-state index in [1.54, 1.807) is 13.1 Å². The molecule has 7 nitrogen and oxygen atoms in total. The largest absolute Gasteiger partial charge is 0.357 e. The van der Waals surface area contributed by atoms with Crippen LogP contribution in [-0.2, 0) is 22.4 Å². The van der Waals surface area contributed by atoms with Crippen LogP contribution in [0.15, 0.2) is 60.1 Å². The molecule has 0 saturated carbocycles. The number of pyridine rings is 1. The van der Waals surface area contributed by atoms with E-state index in [1.165, 1.54) is 17.0 Å². The van der Waals surface area contributed by atoms with Gasteiger partial charge < -0.3 is 10.2 Å². The maximum atomic E-state index is 15.0. The lowest BCUT2D eigenvalue weighted by Crippen LogP contribution is -2.45. The third-order valence-corrected chi connectivity index (χ3v) is 7.31. The average Bonchev–Trinajstić information content (AvgIpc) is 2.99. The third-order valence-electron chi connectivity index (χ3n) is 7.02. The zero-order valence-corrected chi connectivity index (χ0v) is 25.1. The lowest BCUT2D eigenvalue weighted by molar-refractivity contribution is -0.109. The fourth-order valence-electron chi connectivity index (χ4n) is 4.96. The number of rotatable bonds is 14. The van der Waals surface area contributed by atoms with E-state index in [2.05, 4.69) is 16.9 Å². The molecule has 0 fully saturated rings. The number of hydrogen-bond acceptors (Lipinski definition) is 4. The quantitative estimate of drug-likeness (QED) is 0.100. The van der Waals surface area contributed by atoms with E-state index >= 15 is 8.78 Å². The Morgan fingerprint density at radius 1 is 1.12 bits per heavy atom. The number of nitrogens with zero attached hydrogens (tertiary/aromatic N) is 4. The van der Waals surface area contributed by atoms with Crippen LogP contribution in [0.2, 0.25) is 5.02 Å². The number of benzene rings is 2. The summed E-state index contributed by atoms with van der Waals surface area (Å²) in [5, 5.41) is 2.68. The van der Waals surface area contributed by atoms with Crippen molar-refractivity contribution in [2.75, 3.05) is 25.0 Å². The summed E-state index contributed by atoms with van der Waals surface area (Å²) in [6.07, 6.45) is 4.87. The molecule has 1 atom stereocenters. The first-order valence-electron chi connectivity index (χ1n) is 13.8. The van der Waals surface area contributed by atoms with Gasteiger partial charge in [0, 0.05) is 26.2 Å². The topological polar surface area (TPSA) is 77.9 Å². The number of amidine groups is 1. The molecule has 0 aliphatic heterocycles. The van der Waals surface area contributed by atoms with Gasteiger partial charge in [0.1, 0.15) is 17.5 Å². The lowest BCUT2D eigenvalue weighted by atomic mass is 10.0. The van der Waals surface area contributed by atoms with E-state index in [0.717, 1.165) is 23.3 Å². The summed E-state index contributed by atoms with van der Waals surface area (Å²) in [5.74, 6) is -1.13. The molecule has 0 aliphatic rings. The van der Waals surface area contributed by atoms with Gasteiger partial charge in [-0.1, -0.05) is 55.8 Å². The maximum absolute atomic E-state index is 15.0. The fourth-order valence-corrected chi connectivity index (χ4v) is 5.20. The number of aliphatic imine (C=N–C) groups is 1. The normalized spacial score (nSPS) is 12.0. The molecule has 1 aromatic heterocycles. The summed E-state index contributed by atoms with van der Waals surface area (Å²) in [4.78, 5) is 36.7. The van der Waals surface area contributed by atoms with Crippen LogP contribution in [0.4, 0.5) is 20.3 Å². The standard InChI is InChI=1S/C32H36ClF2N5O2/c1-6-9-16-39(21(4)18-37-19-41)31(36-5)24-17-25(33)29(28-26(34)14-11-15-27(28)35)38-32(24)40(20-42)30-22(7-2)12-10-13-23(30)8-3/h6,10-15,17,19-21H,1,7-9,16,18H2,2-5H3,(H,37,41). The Labute approximate surface area is 250 Å². The fraction of sp³-hybridized carbons (Fsp3) is 0.312. The molecule has 2 aromatic carbocycles. The molecule has 1 unspecified atom stereocenters. The summed E-state index contributed by atoms with van der Waals surface area (Å²) in [6.45, 7) is 10.5. The molecule has 0 aliphatic carbocycles. The van der Waals surface area contributed by atoms with E-state index in [-0.39, 0.29) is 22.6 Å². The van der Waals surface area contributed by atoms with Crippen molar-refractivity contribution >= 4 is 41.8 Å². The van der Waals surface area contributed by atoms with E-state index in [4.69, 9.17) is 16.6 Å². The van der Waals surface area contributed by atoms with Crippen molar-refractivity contribution in [1.82, 2.24) is 15.2 Å². The average molecular weight is 596 g/mol. The molecule has 1 N–H and O–H groups in total. The van der Waals surface area contributed by atoms with Crippen LogP contribution in [0.5, 0.6) is 0 Å². The third kappa shape index (κ3) is 6.85. The number of aromatic nitrogens is 1. The first kappa shape index (κ1) is 32.4. The second kappa shape index (κ2) is 15.2. The summed E-state index contributed by atoms with van der Waals surface area (Å²) in [6, 6.07) is 10.6. The lowest BCUT2D eigenvalue weighted by Gasteiger charge is -2.34. The Balaban J connectivity index is 2.42. The number of aryl methyl sites for hydroxylation is 2. The van der Waals surface area contributed by atoms with Gasteiger partial charge in [-0.2, -0.15) is 0 Å². The molecule has 0 bridgehead atoms. The molecule has 42 heavy (non-hydrogen) atoms. The van der Waals surface area contributed by atoms with Crippen LogP contribution in [0.25, 0.3) is 11.3 Å². The van der Waals surface area contributed by atoms with Crippen LogP contribution >= 0.6 is 11.6 Å². The zero-order valence-electron chi connectivity index (χ0n) is 24.3. The highest BCUT2D eigenvalue weighted by molar-refractivity contribution is 6.33. The highest BCUT2D eigenvalue weighted by Gasteiger charge is 2.29. The van der Waals surface area contributed by atoms with Gasteiger partial charge in [0.2, 0.25) is 12.8 Å². The molecule has 3 rings (SSSR count). The van der Waals surface area contributed by atoms with Crippen LogP contribution in [0.1, 0.15) is 43.9 Å². The maximum Gasteiger partial charge on any atom is 0.219 e. The van der Waals surface area contributed by atoms with Crippen LogP contribution in [-0.4, -0.2) is 54.7 Å². The number of halogens is 3. The number of nitrogens with one attached hydrogen (secondary N) is 1. The molecule has 1 heterocycles. The van der Waals surface area contributed by atoms with Gasteiger partial charge in [-0.25, -0.2) is 13.8 Å². The summed E-state index contributed by atoms with van der Waals surface area (Å²) in [5.41, 5.74) is 2.26.